The van der Waals surface area contributed by atoms with Crippen LogP contribution in [0.2, 0.25) is 10.0 Å². The molecule has 1 unspecified atom stereocenters. The van der Waals surface area contributed by atoms with Gasteiger partial charge in [0.05, 0.1) is 22.8 Å². The number of nitrogens with zero attached hydrogens (tertiary/aromatic N) is 1. The fourth-order valence-electron chi connectivity index (χ4n) is 3.82. The summed E-state index contributed by atoms with van der Waals surface area (Å²) in [4.78, 5) is 13.4. The molecule has 0 aromatic heterocycles. The number of benzene rings is 4. The van der Waals surface area contributed by atoms with Crippen molar-refractivity contribution >= 4 is 50.5 Å². The first-order valence-electron chi connectivity index (χ1n) is 11.2. The van der Waals surface area contributed by atoms with Crippen LogP contribution >= 0.6 is 23.2 Å². The summed E-state index contributed by atoms with van der Waals surface area (Å²) in [6.45, 7) is -0.247. The Bertz CT molecular complexity index is 1550. The minimum absolute atomic E-state index is 0.0427. The van der Waals surface area contributed by atoms with Gasteiger partial charge in [0, 0.05) is 10.0 Å². The van der Waals surface area contributed by atoms with Crippen LogP contribution in [0.1, 0.15) is 0 Å². The number of sulfonamides is 1. The molecular formula is C27H20Cl2N2O5S. The fraction of sp³-hybridized carbons (Fsp3) is 0.0741. The molecule has 0 aliphatic carbocycles. The average Bonchev–Trinajstić information content (AvgIpc) is 2.90. The van der Waals surface area contributed by atoms with E-state index in [0.717, 1.165) is 0 Å². The SMILES string of the molecule is O=C(Nc1cc(Cl)ccc1Oc1ccccc1)C1CN(S(=O)(=O)c2ccc(Cl)cc2)c2ccccc2O1. The smallest absolute Gasteiger partial charge is 0.267 e. The van der Waals surface area contributed by atoms with Crippen molar-refractivity contribution in [2.45, 2.75) is 11.0 Å². The highest BCUT2D eigenvalue weighted by Gasteiger charge is 2.37. The lowest BCUT2D eigenvalue weighted by Gasteiger charge is -2.34. The molecule has 4 aromatic rings. The molecule has 0 saturated carbocycles. The van der Waals surface area contributed by atoms with Crippen molar-refractivity contribution in [2.75, 3.05) is 16.2 Å². The average molecular weight is 555 g/mol. The maximum Gasteiger partial charge on any atom is 0.267 e. The highest BCUT2D eigenvalue weighted by molar-refractivity contribution is 7.92. The maximum absolute atomic E-state index is 13.5. The number of nitrogens with one attached hydrogen (secondary N) is 1. The van der Waals surface area contributed by atoms with Crippen LogP contribution in [-0.2, 0) is 14.8 Å². The summed E-state index contributed by atoms with van der Waals surface area (Å²) < 4.78 is 40.1. The van der Waals surface area contributed by atoms with Crippen LogP contribution in [0.4, 0.5) is 11.4 Å². The van der Waals surface area contributed by atoms with Crippen molar-refractivity contribution in [3.05, 3.63) is 107 Å². The van der Waals surface area contributed by atoms with Gasteiger partial charge in [-0.3, -0.25) is 9.10 Å². The number of para-hydroxylation sites is 3. The summed E-state index contributed by atoms with van der Waals surface area (Å²) in [7, 11) is -4.02. The van der Waals surface area contributed by atoms with Gasteiger partial charge in [-0.25, -0.2) is 8.42 Å². The van der Waals surface area contributed by atoms with Gasteiger partial charge >= 0.3 is 0 Å². The number of ether oxygens (including phenoxy) is 2. The minimum atomic E-state index is -4.02. The number of rotatable bonds is 6. The summed E-state index contributed by atoms with van der Waals surface area (Å²) in [5.41, 5.74) is 0.647. The van der Waals surface area contributed by atoms with Crippen molar-refractivity contribution in [1.29, 1.82) is 0 Å². The topological polar surface area (TPSA) is 84.9 Å². The van der Waals surface area contributed by atoms with Gasteiger partial charge in [0.2, 0.25) is 0 Å². The second-order valence-electron chi connectivity index (χ2n) is 8.11. The molecule has 1 aliphatic heterocycles. The zero-order chi connectivity index (χ0) is 26.0. The molecule has 0 fully saturated rings. The number of anilines is 2. The Morgan fingerprint density at radius 3 is 2.32 bits per heavy atom. The zero-order valence-electron chi connectivity index (χ0n) is 19.2. The molecule has 1 amide bonds. The number of fused-ring (bicyclic) bond motifs is 1. The van der Waals surface area contributed by atoms with E-state index >= 15 is 0 Å². The number of hydrogen-bond acceptors (Lipinski definition) is 5. The van der Waals surface area contributed by atoms with Gasteiger partial charge in [0.1, 0.15) is 11.5 Å². The van der Waals surface area contributed by atoms with E-state index in [-0.39, 0.29) is 17.2 Å². The number of carbonyl (C=O) groups excluding carboxylic acids is 1. The van der Waals surface area contributed by atoms with Crippen LogP contribution in [0.3, 0.4) is 0 Å². The first-order valence-corrected chi connectivity index (χ1v) is 13.4. The molecule has 0 radical (unpaired) electrons. The van der Waals surface area contributed by atoms with E-state index in [2.05, 4.69) is 5.32 Å². The minimum Gasteiger partial charge on any atom is -0.476 e. The Morgan fingerprint density at radius 1 is 0.892 bits per heavy atom. The van der Waals surface area contributed by atoms with Crippen LogP contribution in [0.15, 0.2) is 102 Å². The molecule has 4 aromatic carbocycles. The maximum atomic E-state index is 13.5. The number of amides is 1. The molecule has 5 rings (SSSR count). The van der Waals surface area contributed by atoms with Crippen LogP contribution < -0.4 is 19.1 Å². The largest absolute Gasteiger partial charge is 0.476 e. The van der Waals surface area contributed by atoms with Gasteiger partial charge in [-0.15, -0.1) is 0 Å². The van der Waals surface area contributed by atoms with Crippen molar-refractivity contribution in [3.63, 3.8) is 0 Å². The van der Waals surface area contributed by atoms with E-state index in [1.165, 1.54) is 28.6 Å². The van der Waals surface area contributed by atoms with Crippen molar-refractivity contribution in [2.24, 2.45) is 0 Å². The van der Waals surface area contributed by atoms with Crippen LogP contribution in [0.25, 0.3) is 0 Å². The van der Waals surface area contributed by atoms with Crippen LogP contribution in [-0.4, -0.2) is 27.0 Å². The first-order chi connectivity index (χ1) is 17.8. The van der Waals surface area contributed by atoms with E-state index in [1.807, 2.05) is 18.2 Å². The Morgan fingerprint density at radius 2 is 1.57 bits per heavy atom. The fourth-order valence-corrected chi connectivity index (χ4v) is 5.59. The third-order valence-corrected chi connectivity index (χ3v) is 7.88. The lowest BCUT2D eigenvalue weighted by Crippen LogP contribution is -2.48. The molecule has 0 bridgehead atoms. The van der Waals surface area contributed by atoms with Gasteiger partial charge in [0.15, 0.2) is 11.9 Å². The Hall–Kier alpha value is -3.72. The molecule has 0 saturated heterocycles. The van der Waals surface area contributed by atoms with Gasteiger partial charge in [-0.05, 0) is 66.7 Å². The van der Waals surface area contributed by atoms with Crippen molar-refractivity contribution < 1.29 is 22.7 Å². The summed E-state index contributed by atoms with van der Waals surface area (Å²) in [5, 5.41) is 3.58. The van der Waals surface area contributed by atoms with E-state index < -0.39 is 22.0 Å². The highest BCUT2D eigenvalue weighted by Crippen LogP contribution is 2.38. The molecule has 7 nitrogen and oxygen atoms in total. The predicted octanol–water partition coefficient (Wildman–Crippen LogP) is 6.38. The molecule has 1 atom stereocenters. The summed E-state index contributed by atoms with van der Waals surface area (Å²) in [6, 6.07) is 26.4. The van der Waals surface area contributed by atoms with E-state index in [4.69, 9.17) is 32.7 Å². The predicted molar refractivity (Wildman–Crippen MR) is 143 cm³/mol. The monoisotopic (exact) mass is 554 g/mol. The number of carbonyl (C=O) groups is 1. The Labute approximate surface area is 224 Å². The Kier molecular flexibility index (Phi) is 6.97. The lowest BCUT2D eigenvalue weighted by atomic mass is 10.2. The van der Waals surface area contributed by atoms with Crippen molar-refractivity contribution in [1.82, 2.24) is 0 Å². The Balaban J connectivity index is 1.44. The van der Waals surface area contributed by atoms with Crippen LogP contribution in [0.5, 0.6) is 17.2 Å². The molecule has 188 valence electrons. The van der Waals surface area contributed by atoms with Gasteiger partial charge in [-0.2, -0.15) is 0 Å². The standard InChI is InChI=1S/C27H20Cl2N2O5S/c28-18-10-13-21(14-11-18)37(33,34)31-17-26(36-25-9-5-4-8-23(25)31)27(32)30-22-16-19(29)12-15-24(22)35-20-6-2-1-3-7-20/h1-16,26H,17H2,(H,30,32). The molecular weight excluding hydrogens is 535 g/mol. The summed E-state index contributed by atoms with van der Waals surface area (Å²) in [5.74, 6) is 0.637. The summed E-state index contributed by atoms with van der Waals surface area (Å²) >= 11 is 12.1. The third kappa shape index (κ3) is 5.36. The second kappa shape index (κ2) is 10.3. The van der Waals surface area contributed by atoms with Crippen LogP contribution in [0, 0.1) is 0 Å². The zero-order valence-corrected chi connectivity index (χ0v) is 21.5. The third-order valence-electron chi connectivity index (χ3n) is 5.60. The van der Waals surface area contributed by atoms with E-state index in [9.17, 15) is 13.2 Å². The molecule has 37 heavy (non-hydrogen) atoms. The molecule has 1 N–H and O–H groups in total. The molecule has 1 heterocycles. The second-order valence-corrected chi connectivity index (χ2v) is 10.8. The number of hydrogen-bond donors (Lipinski definition) is 1. The van der Waals surface area contributed by atoms with Crippen molar-refractivity contribution in [3.8, 4) is 17.2 Å². The van der Waals surface area contributed by atoms with Gasteiger partial charge < -0.3 is 14.8 Å². The quantitative estimate of drug-likeness (QED) is 0.299. The molecule has 10 heteroatoms. The first kappa shape index (κ1) is 25.0. The molecule has 1 aliphatic rings. The summed E-state index contributed by atoms with van der Waals surface area (Å²) in [6.07, 6.45) is -1.15. The lowest BCUT2D eigenvalue weighted by molar-refractivity contribution is -0.122. The normalized spacial score (nSPS) is 14.9. The molecule has 0 spiro atoms. The van der Waals surface area contributed by atoms with Gasteiger partial charge in [0.25, 0.3) is 15.9 Å². The van der Waals surface area contributed by atoms with E-state index in [1.54, 1.807) is 54.6 Å². The number of halogens is 2. The van der Waals surface area contributed by atoms with E-state index in [0.29, 0.717) is 32.9 Å². The highest BCUT2D eigenvalue weighted by atomic mass is 35.5. The van der Waals surface area contributed by atoms with Gasteiger partial charge in [-0.1, -0.05) is 53.5 Å².